The average Bonchev–Trinajstić information content (AvgIpc) is 2.88. The summed E-state index contributed by atoms with van der Waals surface area (Å²) in [6.45, 7) is 6.25. The minimum atomic E-state index is -3.62. The molecule has 1 aliphatic rings. The number of halogens is 1. The van der Waals surface area contributed by atoms with Crippen LogP contribution >= 0.6 is 11.6 Å². The quantitative estimate of drug-likeness (QED) is 0.436. The Balaban J connectivity index is 1.56. The molecule has 0 aromatic heterocycles. The zero-order chi connectivity index (χ0) is 26.7. The van der Waals surface area contributed by atoms with E-state index >= 15 is 0 Å². The molecule has 4 rings (SSSR count). The summed E-state index contributed by atoms with van der Waals surface area (Å²) in [5.74, 6) is -0.0939. The van der Waals surface area contributed by atoms with Crippen molar-refractivity contribution in [2.45, 2.75) is 38.3 Å². The molecule has 0 bridgehead atoms. The van der Waals surface area contributed by atoms with E-state index in [1.54, 1.807) is 56.0 Å². The van der Waals surface area contributed by atoms with Gasteiger partial charge in [0, 0.05) is 29.4 Å². The number of anilines is 2. The Hall–Kier alpha value is -3.40. The van der Waals surface area contributed by atoms with Crippen LogP contribution in [0.2, 0.25) is 5.02 Å². The van der Waals surface area contributed by atoms with Crippen molar-refractivity contribution >= 4 is 44.8 Å². The number of hydrogen-bond acceptors (Lipinski definition) is 5. The van der Waals surface area contributed by atoms with E-state index in [0.29, 0.717) is 47.3 Å². The van der Waals surface area contributed by atoms with Gasteiger partial charge >= 0.3 is 0 Å². The lowest BCUT2D eigenvalue weighted by atomic mass is 10.1. The number of amides is 2. The fraction of sp³-hybridized carbons (Fsp3) is 0.259. The molecule has 8 nitrogen and oxygen atoms in total. The number of carbonyl (C=O) groups is 2. The van der Waals surface area contributed by atoms with Crippen LogP contribution in [0.4, 0.5) is 11.4 Å². The highest BCUT2D eigenvalue weighted by Crippen LogP contribution is 2.37. The molecule has 10 heteroatoms. The highest BCUT2D eigenvalue weighted by atomic mass is 35.5. The Morgan fingerprint density at radius 1 is 1.05 bits per heavy atom. The largest absolute Gasteiger partial charge is 0.479 e. The highest BCUT2D eigenvalue weighted by Gasteiger charge is 2.32. The summed E-state index contributed by atoms with van der Waals surface area (Å²) in [6, 6.07) is 18.2. The molecule has 1 atom stereocenters. The summed E-state index contributed by atoms with van der Waals surface area (Å²) >= 11 is 6.12. The monoisotopic (exact) mass is 541 g/mol. The summed E-state index contributed by atoms with van der Waals surface area (Å²) in [5.41, 5.74) is 2.15. The number of nitrogens with one attached hydrogen (secondary N) is 1. The van der Waals surface area contributed by atoms with Crippen molar-refractivity contribution in [2.24, 2.45) is 0 Å². The van der Waals surface area contributed by atoms with Gasteiger partial charge in [0.2, 0.25) is 10.0 Å². The normalized spacial score (nSPS) is 15.3. The molecular weight excluding hydrogens is 514 g/mol. The Kier molecular flexibility index (Phi) is 7.87. The molecule has 3 aromatic rings. The van der Waals surface area contributed by atoms with Crippen molar-refractivity contribution in [3.63, 3.8) is 0 Å². The second-order valence-corrected chi connectivity index (χ2v) is 10.9. The molecule has 0 saturated carbocycles. The lowest BCUT2D eigenvalue weighted by molar-refractivity contribution is -0.125. The molecule has 0 radical (unpaired) electrons. The summed E-state index contributed by atoms with van der Waals surface area (Å²) in [7, 11) is -3.62. The third-order valence-electron chi connectivity index (χ3n) is 6.11. The van der Waals surface area contributed by atoms with Crippen LogP contribution in [0.5, 0.6) is 5.75 Å². The van der Waals surface area contributed by atoms with Gasteiger partial charge in [0.1, 0.15) is 5.75 Å². The van der Waals surface area contributed by atoms with Gasteiger partial charge in [0.15, 0.2) is 6.10 Å². The van der Waals surface area contributed by atoms with Crippen LogP contribution in [-0.4, -0.2) is 43.7 Å². The van der Waals surface area contributed by atoms with Crippen molar-refractivity contribution < 1.29 is 22.7 Å². The number of carbonyl (C=O) groups excluding carboxylic acids is 2. The van der Waals surface area contributed by atoms with Crippen LogP contribution in [-0.2, 0) is 21.4 Å². The van der Waals surface area contributed by atoms with E-state index in [1.807, 2.05) is 12.1 Å². The molecule has 2 amide bonds. The third-order valence-corrected chi connectivity index (χ3v) is 8.41. The highest BCUT2D eigenvalue weighted by molar-refractivity contribution is 7.89. The van der Waals surface area contributed by atoms with Gasteiger partial charge in [-0.15, -0.1) is 0 Å². The molecular formula is C27H28ClN3O5S. The number of nitrogens with zero attached hydrogens (tertiary/aromatic N) is 2. The number of fused-ring (bicyclic) bond motifs is 1. The van der Waals surface area contributed by atoms with E-state index < -0.39 is 22.0 Å². The smallest absolute Gasteiger partial charge is 0.268 e. The zero-order valence-electron chi connectivity index (χ0n) is 20.8. The average molecular weight is 542 g/mol. The minimum Gasteiger partial charge on any atom is -0.479 e. The molecule has 1 heterocycles. The summed E-state index contributed by atoms with van der Waals surface area (Å²) in [4.78, 5) is 27.6. The molecule has 0 spiro atoms. The number of rotatable bonds is 8. The molecule has 194 valence electrons. The van der Waals surface area contributed by atoms with Gasteiger partial charge in [-0.25, -0.2) is 8.42 Å². The van der Waals surface area contributed by atoms with Gasteiger partial charge < -0.3 is 15.0 Å². The first-order valence-electron chi connectivity index (χ1n) is 11.9. The number of sulfonamides is 1. The second kappa shape index (κ2) is 10.9. The van der Waals surface area contributed by atoms with Gasteiger partial charge in [-0.1, -0.05) is 37.6 Å². The molecule has 0 aliphatic carbocycles. The van der Waals surface area contributed by atoms with Gasteiger partial charge in [0.05, 0.1) is 17.1 Å². The standard InChI is InChI=1S/C27H28ClN3O5S/c1-4-30(5-2)37(34,35)23-12-9-20(10-13-23)26(32)29-22-11-14-25-24(16-22)31(27(33)18(3)36-25)17-19-7-6-8-21(28)15-19/h6-16,18H,4-5,17H2,1-3H3,(H,29,32). The first-order chi connectivity index (χ1) is 17.6. The summed E-state index contributed by atoms with van der Waals surface area (Å²) < 4.78 is 32.5. The Labute approximate surface area is 221 Å². The third kappa shape index (κ3) is 5.64. The Bertz CT molecular complexity index is 1420. The lowest BCUT2D eigenvalue weighted by Gasteiger charge is -2.33. The first-order valence-corrected chi connectivity index (χ1v) is 13.7. The van der Waals surface area contributed by atoms with Gasteiger partial charge in [-0.3, -0.25) is 9.59 Å². The molecule has 0 saturated heterocycles. The molecule has 1 N–H and O–H groups in total. The summed E-state index contributed by atoms with van der Waals surface area (Å²) in [5, 5.41) is 3.39. The molecule has 1 aliphatic heterocycles. The Morgan fingerprint density at radius 3 is 2.41 bits per heavy atom. The van der Waals surface area contributed by atoms with Crippen molar-refractivity contribution in [3.8, 4) is 5.75 Å². The first kappa shape index (κ1) is 26.7. The van der Waals surface area contributed by atoms with Gasteiger partial charge in [-0.05, 0) is 67.1 Å². The van der Waals surface area contributed by atoms with E-state index in [-0.39, 0.29) is 10.8 Å². The van der Waals surface area contributed by atoms with Crippen molar-refractivity contribution in [3.05, 3.63) is 82.9 Å². The van der Waals surface area contributed by atoms with Crippen molar-refractivity contribution in [1.29, 1.82) is 0 Å². The number of benzene rings is 3. The maximum Gasteiger partial charge on any atom is 0.268 e. The van der Waals surface area contributed by atoms with Gasteiger partial charge in [0.25, 0.3) is 11.8 Å². The second-order valence-electron chi connectivity index (χ2n) is 8.56. The predicted molar refractivity (Wildman–Crippen MR) is 144 cm³/mol. The summed E-state index contributed by atoms with van der Waals surface area (Å²) in [6.07, 6.45) is -0.654. The maximum absolute atomic E-state index is 13.0. The molecule has 0 fully saturated rings. The molecule has 3 aromatic carbocycles. The van der Waals surface area contributed by atoms with Crippen molar-refractivity contribution in [2.75, 3.05) is 23.3 Å². The van der Waals surface area contributed by atoms with E-state index in [4.69, 9.17) is 16.3 Å². The fourth-order valence-corrected chi connectivity index (χ4v) is 5.83. The van der Waals surface area contributed by atoms with Crippen LogP contribution in [0.25, 0.3) is 0 Å². The number of ether oxygens (including phenoxy) is 1. The van der Waals surface area contributed by atoms with Crippen LogP contribution in [0.3, 0.4) is 0 Å². The maximum atomic E-state index is 13.0. The number of hydrogen-bond donors (Lipinski definition) is 1. The van der Waals surface area contributed by atoms with Gasteiger partial charge in [-0.2, -0.15) is 4.31 Å². The molecule has 1 unspecified atom stereocenters. The fourth-order valence-electron chi connectivity index (χ4n) is 4.16. The van der Waals surface area contributed by atoms with E-state index in [1.165, 1.54) is 28.6 Å². The van der Waals surface area contributed by atoms with Crippen LogP contribution in [0, 0.1) is 0 Å². The van der Waals surface area contributed by atoms with Crippen molar-refractivity contribution in [1.82, 2.24) is 4.31 Å². The van der Waals surface area contributed by atoms with E-state index in [9.17, 15) is 18.0 Å². The Morgan fingerprint density at radius 2 is 1.76 bits per heavy atom. The topological polar surface area (TPSA) is 96.0 Å². The predicted octanol–water partition coefficient (Wildman–Crippen LogP) is 4.94. The lowest BCUT2D eigenvalue weighted by Crippen LogP contribution is -2.44. The van der Waals surface area contributed by atoms with Crippen LogP contribution in [0.15, 0.2) is 71.6 Å². The molecule has 37 heavy (non-hydrogen) atoms. The zero-order valence-corrected chi connectivity index (χ0v) is 22.3. The van der Waals surface area contributed by atoms with Crippen LogP contribution in [0.1, 0.15) is 36.7 Å². The van der Waals surface area contributed by atoms with E-state index in [2.05, 4.69) is 5.32 Å². The van der Waals surface area contributed by atoms with Crippen LogP contribution < -0.4 is 15.0 Å². The minimum absolute atomic E-state index is 0.128. The van der Waals surface area contributed by atoms with E-state index in [0.717, 1.165) is 5.56 Å². The SMILES string of the molecule is CCN(CC)S(=O)(=O)c1ccc(C(=O)Nc2ccc3c(c2)N(Cc2cccc(Cl)c2)C(=O)C(C)O3)cc1.